The number of nitro groups is 1. The van der Waals surface area contributed by atoms with E-state index in [9.17, 15) is 15.2 Å². The minimum Gasteiger partial charge on any atom is -0.391 e. The van der Waals surface area contributed by atoms with Gasteiger partial charge in [0.1, 0.15) is 0 Å². The summed E-state index contributed by atoms with van der Waals surface area (Å²) < 4.78 is 0. The number of nitrogens with zero attached hydrogens (tertiary/aromatic N) is 2. The minimum atomic E-state index is -0.377. The van der Waals surface area contributed by atoms with Gasteiger partial charge >= 0.3 is 0 Å². The molecule has 126 valence electrons. The van der Waals surface area contributed by atoms with Gasteiger partial charge in [-0.2, -0.15) is 0 Å². The first-order valence-electron chi connectivity index (χ1n) is 8.56. The molecule has 0 spiro atoms. The Kier molecular flexibility index (Phi) is 5.13. The lowest BCUT2D eigenvalue weighted by molar-refractivity contribution is -0.384. The number of hydrogen-bond acceptors (Lipinski definition) is 5. The maximum absolute atomic E-state index is 10.7. The summed E-state index contributed by atoms with van der Waals surface area (Å²) in [7, 11) is 0. The minimum absolute atomic E-state index is 0.122. The van der Waals surface area contributed by atoms with Crippen molar-refractivity contribution in [2.24, 2.45) is 0 Å². The van der Waals surface area contributed by atoms with Crippen LogP contribution in [0.5, 0.6) is 0 Å². The molecule has 2 N–H and O–H groups in total. The van der Waals surface area contributed by atoms with Gasteiger partial charge in [0.05, 0.1) is 11.0 Å². The highest BCUT2D eigenvalue weighted by atomic mass is 16.6. The zero-order chi connectivity index (χ0) is 16.2. The van der Waals surface area contributed by atoms with Gasteiger partial charge in [0.15, 0.2) is 0 Å². The number of likely N-dealkylation sites (tertiary alicyclic amines) is 1. The lowest BCUT2D eigenvalue weighted by Gasteiger charge is -2.41. The van der Waals surface area contributed by atoms with E-state index < -0.39 is 0 Å². The van der Waals surface area contributed by atoms with Crippen LogP contribution < -0.4 is 5.32 Å². The number of benzene rings is 1. The van der Waals surface area contributed by atoms with Crippen molar-refractivity contribution >= 4 is 11.4 Å². The average Bonchev–Trinajstić information content (AvgIpc) is 2.57. The molecule has 23 heavy (non-hydrogen) atoms. The van der Waals surface area contributed by atoms with Gasteiger partial charge in [-0.05, 0) is 37.8 Å². The van der Waals surface area contributed by atoms with Gasteiger partial charge in [0.25, 0.3) is 5.69 Å². The molecule has 6 heteroatoms. The highest BCUT2D eigenvalue weighted by Gasteiger charge is 2.31. The first-order valence-corrected chi connectivity index (χ1v) is 8.56. The van der Waals surface area contributed by atoms with Crippen LogP contribution in [0.4, 0.5) is 11.4 Å². The lowest BCUT2D eigenvalue weighted by Crippen LogP contribution is -2.50. The zero-order valence-corrected chi connectivity index (χ0v) is 13.4. The number of aliphatic hydroxyl groups is 1. The SMILES string of the molecule is O=[N+]([O-])c1ccc(NC2CCN(C3CCCCC3O)CC2)cc1. The topological polar surface area (TPSA) is 78.6 Å². The van der Waals surface area contributed by atoms with E-state index in [0.717, 1.165) is 50.9 Å². The van der Waals surface area contributed by atoms with E-state index in [1.54, 1.807) is 12.1 Å². The molecule has 3 rings (SSSR count). The van der Waals surface area contributed by atoms with Gasteiger partial charge in [-0.1, -0.05) is 12.8 Å². The Labute approximate surface area is 136 Å². The highest BCUT2D eigenvalue weighted by Crippen LogP contribution is 2.27. The quantitative estimate of drug-likeness (QED) is 0.659. The Morgan fingerprint density at radius 3 is 2.35 bits per heavy atom. The van der Waals surface area contributed by atoms with Crippen molar-refractivity contribution < 1.29 is 10.0 Å². The molecule has 2 fully saturated rings. The van der Waals surface area contributed by atoms with Gasteiger partial charge < -0.3 is 10.4 Å². The summed E-state index contributed by atoms with van der Waals surface area (Å²) in [5.74, 6) is 0. The fraction of sp³-hybridized carbons (Fsp3) is 0.647. The normalized spacial score (nSPS) is 26.8. The molecule has 1 saturated carbocycles. The van der Waals surface area contributed by atoms with Gasteiger partial charge in [-0.15, -0.1) is 0 Å². The van der Waals surface area contributed by atoms with Crippen LogP contribution in [-0.4, -0.2) is 46.2 Å². The van der Waals surface area contributed by atoms with Gasteiger partial charge in [0, 0.05) is 43.0 Å². The predicted molar refractivity (Wildman–Crippen MR) is 89.6 cm³/mol. The molecule has 6 nitrogen and oxygen atoms in total. The maximum atomic E-state index is 10.7. The summed E-state index contributed by atoms with van der Waals surface area (Å²) in [6, 6.07) is 7.36. The Hall–Kier alpha value is -1.66. The van der Waals surface area contributed by atoms with Gasteiger partial charge in [0.2, 0.25) is 0 Å². The first-order chi connectivity index (χ1) is 11.1. The van der Waals surface area contributed by atoms with Crippen molar-refractivity contribution in [3.63, 3.8) is 0 Å². The standard InChI is InChI=1S/C17H25N3O3/c21-17-4-2-1-3-16(17)19-11-9-14(10-12-19)18-13-5-7-15(8-6-13)20(22)23/h5-8,14,16-18,21H,1-4,9-12H2. The molecule has 0 amide bonds. The average molecular weight is 319 g/mol. The number of nitro benzene ring substituents is 1. The molecule has 1 saturated heterocycles. The third-order valence-electron chi connectivity index (χ3n) is 5.14. The summed E-state index contributed by atoms with van der Waals surface area (Å²) in [5, 5.41) is 24.3. The predicted octanol–water partition coefficient (Wildman–Crippen LogP) is 2.77. The van der Waals surface area contributed by atoms with Crippen molar-refractivity contribution in [1.29, 1.82) is 0 Å². The van der Waals surface area contributed by atoms with Crippen LogP contribution in [0.25, 0.3) is 0 Å². The first kappa shape index (κ1) is 16.2. The zero-order valence-electron chi connectivity index (χ0n) is 13.4. The molecule has 1 aliphatic carbocycles. The van der Waals surface area contributed by atoms with Crippen molar-refractivity contribution in [3.8, 4) is 0 Å². The van der Waals surface area contributed by atoms with Crippen LogP contribution >= 0.6 is 0 Å². The fourth-order valence-electron chi connectivity index (χ4n) is 3.81. The van der Waals surface area contributed by atoms with E-state index in [-0.39, 0.29) is 16.7 Å². The number of non-ortho nitro benzene ring substituents is 1. The second-order valence-electron chi connectivity index (χ2n) is 6.68. The molecule has 0 aromatic heterocycles. The van der Waals surface area contributed by atoms with Crippen LogP contribution in [0.3, 0.4) is 0 Å². The monoisotopic (exact) mass is 319 g/mol. The maximum Gasteiger partial charge on any atom is 0.269 e. The molecule has 1 aliphatic heterocycles. The second kappa shape index (κ2) is 7.27. The fourth-order valence-corrected chi connectivity index (χ4v) is 3.81. The van der Waals surface area contributed by atoms with E-state index in [0.29, 0.717) is 12.1 Å². The third-order valence-corrected chi connectivity index (χ3v) is 5.14. The highest BCUT2D eigenvalue weighted by molar-refractivity contribution is 5.49. The van der Waals surface area contributed by atoms with Gasteiger partial charge in [-0.25, -0.2) is 0 Å². The largest absolute Gasteiger partial charge is 0.391 e. The van der Waals surface area contributed by atoms with Crippen LogP contribution in [0.15, 0.2) is 24.3 Å². The molecule has 0 bridgehead atoms. The number of hydrogen-bond donors (Lipinski definition) is 2. The third kappa shape index (κ3) is 4.00. The van der Waals surface area contributed by atoms with Crippen molar-refractivity contribution in [2.75, 3.05) is 18.4 Å². The molecule has 1 aromatic rings. The molecule has 2 atom stereocenters. The molecule has 0 radical (unpaired) electrons. The van der Waals surface area contributed by atoms with E-state index in [4.69, 9.17) is 0 Å². The number of rotatable bonds is 4. The number of anilines is 1. The van der Waals surface area contributed by atoms with E-state index in [1.165, 1.54) is 18.6 Å². The van der Waals surface area contributed by atoms with Crippen molar-refractivity contribution in [1.82, 2.24) is 4.90 Å². The summed E-state index contributed by atoms with van der Waals surface area (Å²) in [6.07, 6.45) is 6.34. The molecule has 1 heterocycles. The number of piperidine rings is 1. The van der Waals surface area contributed by atoms with Crippen LogP contribution in [-0.2, 0) is 0 Å². The van der Waals surface area contributed by atoms with Crippen LogP contribution in [0, 0.1) is 10.1 Å². The van der Waals surface area contributed by atoms with Crippen molar-refractivity contribution in [2.45, 2.75) is 56.7 Å². The van der Waals surface area contributed by atoms with E-state index in [2.05, 4.69) is 10.2 Å². The molecule has 2 unspecified atom stereocenters. The smallest absolute Gasteiger partial charge is 0.269 e. The summed E-state index contributed by atoms with van der Waals surface area (Å²) in [6.45, 7) is 2.01. The Morgan fingerprint density at radius 2 is 1.74 bits per heavy atom. The molecular formula is C17H25N3O3. The number of aliphatic hydroxyl groups excluding tert-OH is 1. The molecule has 1 aromatic carbocycles. The second-order valence-corrected chi connectivity index (χ2v) is 6.68. The van der Waals surface area contributed by atoms with Gasteiger partial charge in [-0.3, -0.25) is 15.0 Å². The molecule has 2 aliphatic rings. The van der Waals surface area contributed by atoms with E-state index in [1.807, 2.05) is 0 Å². The van der Waals surface area contributed by atoms with E-state index >= 15 is 0 Å². The Bertz CT molecular complexity index is 526. The lowest BCUT2D eigenvalue weighted by atomic mass is 9.89. The summed E-state index contributed by atoms with van der Waals surface area (Å²) in [4.78, 5) is 12.7. The Morgan fingerprint density at radius 1 is 1.09 bits per heavy atom. The van der Waals surface area contributed by atoms with Crippen LogP contribution in [0.1, 0.15) is 38.5 Å². The summed E-state index contributed by atoms with van der Waals surface area (Å²) >= 11 is 0. The Balaban J connectivity index is 1.50. The number of nitrogens with one attached hydrogen (secondary N) is 1. The van der Waals surface area contributed by atoms with Crippen molar-refractivity contribution in [3.05, 3.63) is 34.4 Å². The summed E-state index contributed by atoms with van der Waals surface area (Å²) in [5.41, 5.74) is 1.06. The molecular weight excluding hydrogens is 294 g/mol. The van der Waals surface area contributed by atoms with Crippen LogP contribution in [0.2, 0.25) is 0 Å².